The van der Waals surface area contributed by atoms with Crippen LogP contribution in [-0.4, -0.2) is 5.78 Å². The van der Waals surface area contributed by atoms with Crippen LogP contribution in [0.5, 0.6) is 5.75 Å². The maximum Gasteiger partial charge on any atom is 0.170 e. The number of ketones is 1. The molecule has 1 heterocycles. The lowest BCUT2D eigenvalue weighted by Gasteiger charge is -2.36. The van der Waals surface area contributed by atoms with Crippen molar-refractivity contribution in [3.63, 3.8) is 0 Å². The molecule has 0 saturated carbocycles. The molecule has 108 valence electrons. The fourth-order valence-electron chi connectivity index (χ4n) is 2.56. The van der Waals surface area contributed by atoms with E-state index in [1.165, 1.54) is 6.07 Å². The van der Waals surface area contributed by atoms with E-state index in [0.717, 1.165) is 0 Å². The van der Waals surface area contributed by atoms with E-state index < -0.39 is 11.4 Å². The summed E-state index contributed by atoms with van der Waals surface area (Å²) in [6, 6.07) is 9.65. The molecule has 2 aromatic rings. The normalized spacial score (nSPS) is 20.9. The van der Waals surface area contributed by atoms with E-state index in [9.17, 15) is 9.18 Å². The number of hydrogen-bond donors (Lipinski definition) is 0. The Bertz CT molecular complexity index is 747. The smallest absolute Gasteiger partial charge is 0.170 e. The van der Waals surface area contributed by atoms with Gasteiger partial charge in [0.15, 0.2) is 5.78 Å². The molecule has 1 aliphatic heterocycles. The topological polar surface area (TPSA) is 26.3 Å². The van der Waals surface area contributed by atoms with E-state index >= 15 is 0 Å². The van der Waals surface area contributed by atoms with Gasteiger partial charge in [-0.1, -0.05) is 23.7 Å². The predicted octanol–water partition coefficient (Wildman–Crippen LogP) is 5.12. The van der Waals surface area contributed by atoms with Gasteiger partial charge in [-0.15, -0.1) is 0 Å². The largest absolute Gasteiger partial charge is 0.480 e. The Morgan fingerprint density at radius 3 is 2.81 bits per heavy atom. The molecular formula is C16H11BrClFO2. The minimum Gasteiger partial charge on any atom is -0.480 e. The summed E-state index contributed by atoms with van der Waals surface area (Å²) in [6.07, 6.45) is 0.0784. The van der Waals surface area contributed by atoms with Crippen molar-refractivity contribution >= 4 is 33.3 Å². The number of fused-ring (bicyclic) bond motifs is 1. The van der Waals surface area contributed by atoms with Crippen LogP contribution in [0.4, 0.5) is 4.39 Å². The lowest BCUT2D eigenvalue weighted by molar-refractivity contribution is 0.0477. The molecule has 1 unspecified atom stereocenters. The van der Waals surface area contributed by atoms with Gasteiger partial charge in [-0.25, -0.2) is 4.39 Å². The second-order valence-electron chi connectivity index (χ2n) is 5.17. The zero-order chi connectivity index (χ0) is 15.2. The van der Waals surface area contributed by atoms with E-state index in [1.807, 2.05) is 0 Å². The molecule has 0 bridgehead atoms. The number of carbonyl (C=O) groups is 1. The fourth-order valence-corrected chi connectivity index (χ4v) is 3.17. The van der Waals surface area contributed by atoms with Crippen molar-refractivity contribution in [3.05, 3.63) is 62.8 Å². The summed E-state index contributed by atoms with van der Waals surface area (Å²) in [7, 11) is 0. The molecule has 2 aromatic carbocycles. The SMILES string of the molecule is CC1(c2ccc(Cl)cc2F)CC(=O)c2cccc(Br)c2O1. The highest BCUT2D eigenvalue weighted by Gasteiger charge is 2.40. The van der Waals surface area contributed by atoms with Gasteiger partial charge in [-0.2, -0.15) is 0 Å². The van der Waals surface area contributed by atoms with E-state index in [4.69, 9.17) is 16.3 Å². The lowest BCUT2D eigenvalue weighted by atomic mass is 9.85. The Balaban J connectivity index is 2.12. The number of carbonyl (C=O) groups excluding carboxylic acids is 1. The van der Waals surface area contributed by atoms with Crippen LogP contribution in [0.3, 0.4) is 0 Å². The van der Waals surface area contributed by atoms with Crippen LogP contribution in [0.2, 0.25) is 5.02 Å². The van der Waals surface area contributed by atoms with Crippen LogP contribution < -0.4 is 4.74 Å². The number of Topliss-reactive ketones (excluding diaryl/α,β-unsaturated/α-hetero) is 1. The predicted molar refractivity (Wildman–Crippen MR) is 82.5 cm³/mol. The van der Waals surface area contributed by atoms with Crippen LogP contribution in [0.15, 0.2) is 40.9 Å². The lowest BCUT2D eigenvalue weighted by Crippen LogP contribution is -2.37. The Morgan fingerprint density at radius 1 is 1.33 bits per heavy atom. The fraction of sp³-hybridized carbons (Fsp3) is 0.188. The molecule has 0 radical (unpaired) electrons. The Morgan fingerprint density at radius 2 is 2.10 bits per heavy atom. The molecule has 3 rings (SSSR count). The van der Waals surface area contributed by atoms with Gasteiger partial charge >= 0.3 is 0 Å². The molecule has 0 aromatic heterocycles. The van der Waals surface area contributed by atoms with Crippen molar-refractivity contribution in [2.75, 3.05) is 0 Å². The van der Waals surface area contributed by atoms with E-state index in [0.29, 0.717) is 26.4 Å². The molecule has 0 N–H and O–H groups in total. The van der Waals surface area contributed by atoms with Gasteiger partial charge in [0.25, 0.3) is 0 Å². The second-order valence-corrected chi connectivity index (χ2v) is 6.46. The Labute approximate surface area is 135 Å². The van der Waals surface area contributed by atoms with E-state index in [2.05, 4.69) is 15.9 Å². The monoisotopic (exact) mass is 368 g/mol. The van der Waals surface area contributed by atoms with Crippen molar-refractivity contribution in [2.24, 2.45) is 0 Å². The first-order chi connectivity index (χ1) is 9.90. The van der Waals surface area contributed by atoms with Crippen LogP contribution in [-0.2, 0) is 5.60 Å². The van der Waals surface area contributed by atoms with Gasteiger partial charge in [0.05, 0.1) is 16.5 Å². The first-order valence-electron chi connectivity index (χ1n) is 6.37. The average molecular weight is 370 g/mol. The van der Waals surface area contributed by atoms with Gasteiger partial charge in [-0.05, 0) is 47.1 Å². The van der Waals surface area contributed by atoms with Gasteiger partial charge in [-0.3, -0.25) is 4.79 Å². The van der Waals surface area contributed by atoms with Crippen molar-refractivity contribution < 1.29 is 13.9 Å². The van der Waals surface area contributed by atoms with Gasteiger partial charge in [0, 0.05) is 10.6 Å². The molecule has 0 spiro atoms. The zero-order valence-electron chi connectivity index (χ0n) is 11.1. The van der Waals surface area contributed by atoms with Crippen molar-refractivity contribution in [2.45, 2.75) is 18.9 Å². The van der Waals surface area contributed by atoms with Crippen LogP contribution in [0.25, 0.3) is 0 Å². The third-order valence-electron chi connectivity index (χ3n) is 3.59. The van der Waals surface area contributed by atoms with Crippen LogP contribution >= 0.6 is 27.5 Å². The molecule has 0 saturated heterocycles. The zero-order valence-corrected chi connectivity index (χ0v) is 13.5. The number of rotatable bonds is 1. The number of hydrogen-bond acceptors (Lipinski definition) is 2. The maximum absolute atomic E-state index is 14.2. The summed E-state index contributed by atoms with van der Waals surface area (Å²) in [5.74, 6) is -0.103. The highest BCUT2D eigenvalue weighted by Crippen LogP contribution is 2.43. The third kappa shape index (κ3) is 2.47. The number of ether oxygens (including phenoxy) is 1. The van der Waals surface area contributed by atoms with Crippen molar-refractivity contribution in [1.29, 1.82) is 0 Å². The van der Waals surface area contributed by atoms with Crippen molar-refractivity contribution in [3.8, 4) is 5.75 Å². The number of para-hydroxylation sites is 1. The van der Waals surface area contributed by atoms with Crippen LogP contribution in [0, 0.1) is 5.82 Å². The molecule has 5 heteroatoms. The summed E-state index contributed by atoms with van der Waals surface area (Å²) in [5, 5.41) is 0.309. The number of benzene rings is 2. The van der Waals surface area contributed by atoms with Gasteiger partial charge in [0.2, 0.25) is 0 Å². The standard InChI is InChI=1S/C16H11BrClFO2/c1-16(11-6-5-9(18)7-13(11)19)8-14(20)10-3-2-4-12(17)15(10)21-16/h2-7H,8H2,1H3. The molecule has 2 nitrogen and oxygen atoms in total. The summed E-state index contributed by atoms with van der Waals surface area (Å²) in [5.41, 5.74) is -0.222. The molecule has 21 heavy (non-hydrogen) atoms. The van der Waals surface area contributed by atoms with Crippen LogP contribution in [0.1, 0.15) is 29.3 Å². The summed E-state index contributed by atoms with van der Waals surface area (Å²) in [4.78, 5) is 12.4. The minimum atomic E-state index is -1.05. The first-order valence-corrected chi connectivity index (χ1v) is 7.54. The maximum atomic E-state index is 14.2. The summed E-state index contributed by atoms with van der Waals surface area (Å²) in [6.45, 7) is 1.71. The molecule has 0 fully saturated rings. The first kappa shape index (κ1) is 14.5. The average Bonchev–Trinajstić information content (AvgIpc) is 2.40. The minimum absolute atomic E-state index is 0.0746. The highest BCUT2D eigenvalue weighted by atomic mass is 79.9. The van der Waals surface area contributed by atoms with Crippen molar-refractivity contribution in [1.82, 2.24) is 0 Å². The summed E-state index contributed by atoms with van der Waals surface area (Å²) < 4.78 is 20.8. The van der Waals surface area contributed by atoms with E-state index in [-0.39, 0.29) is 12.2 Å². The molecule has 1 aliphatic rings. The molecule has 0 amide bonds. The number of halogens is 3. The third-order valence-corrected chi connectivity index (χ3v) is 4.45. The van der Waals surface area contributed by atoms with Gasteiger partial charge in [0.1, 0.15) is 17.2 Å². The molecule has 1 atom stereocenters. The highest BCUT2D eigenvalue weighted by molar-refractivity contribution is 9.10. The Hall–Kier alpha value is -1.39. The second kappa shape index (κ2) is 5.11. The molecule has 0 aliphatic carbocycles. The molecular weight excluding hydrogens is 359 g/mol. The summed E-state index contributed by atoms with van der Waals surface area (Å²) >= 11 is 9.15. The van der Waals surface area contributed by atoms with Gasteiger partial charge < -0.3 is 4.74 Å². The Kier molecular flexibility index (Phi) is 3.54. The quantitative estimate of drug-likeness (QED) is 0.697. The van der Waals surface area contributed by atoms with E-state index in [1.54, 1.807) is 37.3 Å².